The lowest BCUT2D eigenvalue weighted by Gasteiger charge is -2.33. The first kappa shape index (κ1) is 24.4. The topological polar surface area (TPSA) is 154 Å². The first-order chi connectivity index (χ1) is 16.8. The Labute approximate surface area is 204 Å². The van der Waals surface area contributed by atoms with Crippen molar-refractivity contribution in [3.05, 3.63) is 30.6 Å². The highest BCUT2D eigenvalue weighted by Crippen LogP contribution is 2.29. The number of rotatable bonds is 8. The van der Waals surface area contributed by atoms with E-state index in [0.717, 1.165) is 36.0 Å². The van der Waals surface area contributed by atoms with Gasteiger partial charge in [0.2, 0.25) is 5.95 Å². The molecule has 0 bridgehead atoms. The first-order valence-corrected chi connectivity index (χ1v) is 11.8. The minimum Gasteiger partial charge on any atom is -0.465 e. The molecule has 0 aromatic carbocycles. The number of amides is 1. The molecule has 1 aliphatic rings. The number of unbranched alkanes of at least 4 members (excludes halogenated alkanes) is 1. The number of pyridine rings is 2. The average molecular weight is 481 g/mol. The summed E-state index contributed by atoms with van der Waals surface area (Å²) in [5.41, 5.74) is 7.65. The molecule has 0 aliphatic carbocycles. The van der Waals surface area contributed by atoms with Crippen LogP contribution in [0, 0.1) is 0 Å². The Morgan fingerprint density at radius 2 is 1.94 bits per heavy atom. The summed E-state index contributed by atoms with van der Waals surface area (Å²) >= 11 is 0. The zero-order chi connectivity index (χ0) is 25.0. The van der Waals surface area contributed by atoms with E-state index in [0.29, 0.717) is 43.2 Å². The molecule has 1 aliphatic heterocycles. The minimum absolute atomic E-state index is 0.0344. The highest BCUT2D eigenvalue weighted by Gasteiger charge is 2.25. The van der Waals surface area contributed by atoms with Crippen molar-refractivity contribution < 1.29 is 15.0 Å². The van der Waals surface area contributed by atoms with Gasteiger partial charge in [-0.1, -0.05) is 19.8 Å². The average Bonchev–Trinajstić information content (AvgIpc) is 2.87. The smallest absolute Gasteiger partial charge is 0.407 e. The molecule has 0 radical (unpaired) electrons. The van der Waals surface area contributed by atoms with Gasteiger partial charge < -0.3 is 31.1 Å². The van der Waals surface area contributed by atoms with Crippen LogP contribution in [0.15, 0.2) is 30.6 Å². The highest BCUT2D eigenvalue weighted by molar-refractivity contribution is 5.91. The molecular formula is C24H32N8O3. The third kappa shape index (κ3) is 5.51. The molecule has 4 rings (SSSR count). The van der Waals surface area contributed by atoms with E-state index in [1.807, 2.05) is 25.1 Å². The quantitative estimate of drug-likeness (QED) is 0.378. The van der Waals surface area contributed by atoms with Crippen LogP contribution in [0.5, 0.6) is 0 Å². The first-order valence-electron chi connectivity index (χ1n) is 11.8. The van der Waals surface area contributed by atoms with Gasteiger partial charge in [0.25, 0.3) is 0 Å². The van der Waals surface area contributed by atoms with Crippen LogP contribution in [0.25, 0.3) is 22.2 Å². The minimum atomic E-state index is -0.889. The van der Waals surface area contributed by atoms with E-state index in [2.05, 4.69) is 37.1 Å². The second-order valence-corrected chi connectivity index (χ2v) is 9.13. The molecule has 11 nitrogen and oxygen atoms in total. The number of anilines is 3. The maximum atomic E-state index is 11.1. The van der Waals surface area contributed by atoms with Crippen LogP contribution in [-0.2, 0) is 0 Å². The molecule has 3 aromatic heterocycles. The molecule has 1 atom stereocenters. The van der Waals surface area contributed by atoms with Gasteiger partial charge >= 0.3 is 6.09 Å². The number of carboxylic acid groups (broad SMARTS) is 1. The second-order valence-electron chi connectivity index (χ2n) is 9.13. The van der Waals surface area contributed by atoms with E-state index in [9.17, 15) is 9.90 Å². The molecule has 186 valence electrons. The van der Waals surface area contributed by atoms with Crippen molar-refractivity contribution in [2.45, 2.75) is 38.6 Å². The molecule has 11 heteroatoms. The number of nitrogens with two attached hydrogens (primary N) is 1. The summed E-state index contributed by atoms with van der Waals surface area (Å²) < 4.78 is 0. The summed E-state index contributed by atoms with van der Waals surface area (Å²) in [5, 5.41) is 23.2. The number of nitrogens with one attached hydrogen (secondary N) is 1. The lowest BCUT2D eigenvalue weighted by Crippen LogP contribution is -2.48. The van der Waals surface area contributed by atoms with Gasteiger partial charge in [-0.2, -0.15) is 4.98 Å². The Bertz CT molecular complexity index is 1180. The third-order valence-electron chi connectivity index (χ3n) is 6.37. The number of hydrogen-bond acceptors (Lipinski definition) is 9. The summed E-state index contributed by atoms with van der Waals surface area (Å²) in [7, 11) is 0. The van der Waals surface area contributed by atoms with Crippen molar-refractivity contribution >= 4 is 34.6 Å². The van der Waals surface area contributed by atoms with Gasteiger partial charge in [-0.15, -0.1) is 0 Å². The summed E-state index contributed by atoms with van der Waals surface area (Å²) in [6.07, 6.45) is 5.37. The summed E-state index contributed by atoms with van der Waals surface area (Å²) in [6.45, 7) is 6.15. The summed E-state index contributed by atoms with van der Waals surface area (Å²) in [6, 6.07) is 5.71. The number of carbonyl (C=O) groups is 1. The molecule has 1 saturated heterocycles. The van der Waals surface area contributed by atoms with E-state index in [1.165, 1.54) is 4.90 Å². The fourth-order valence-corrected chi connectivity index (χ4v) is 4.18. The van der Waals surface area contributed by atoms with Crippen LogP contribution in [0.3, 0.4) is 0 Å². The molecule has 0 spiro atoms. The zero-order valence-electron chi connectivity index (χ0n) is 20.1. The second kappa shape index (κ2) is 10.3. The molecule has 5 N–H and O–H groups in total. The van der Waals surface area contributed by atoms with Crippen LogP contribution < -0.4 is 16.0 Å². The van der Waals surface area contributed by atoms with Crippen molar-refractivity contribution in [2.24, 2.45) is 0 Å². The van der Waals surface area contributed by atoms with Gasteiger partial charge in [0.1, 0.15) is 11.6 Å². The number of aromatic nitrogens is 4. The van der Waals surface area contributed by atoms with Crippen LogP contribution in [0.2, 0.25) is 0 Å². The largest absolute Gasteiger partial charge is 0.465 e. The maximum absolute atomic E-state index is 11.1. The molecular weight excluding hydrogens is 448 g/mol. The Morgan fingerprint density at radius 3 is 2.57 bits per heavy atom. The lowest BCUT2D eigenvalue weighted by atomic mass is 9.95. The van der Waals surface area contributed by atoms with Gasteiger partial charge in [-0.05, 0) is 31.5 Å². The lowest BCUT2D eigenvalue weighted by molar-refractivity contribution is 0.142. The SMILES string of the molecule is CCCC[C@](C)(CO)Nc1nc(N)nc2cc(-c3ccc(N4CCN(C(=O)O)CC4)nc3)ncc12. The number of nitrogens with zero attached hydrogens (tertiary/aromatic N) is 6. The monoisotopic (exact) mass is 480 g/mol. The summed E-state index contributed by atoms with van der Waals surface area (Å²) in [5.74, 6) is 1.49. The van der Waals surface area contributed by atoms with Crippen molar-refractivity contribution in [1.29, 1.82) is 0 Å². The Hall–Kier alpha value is -3.73. The van der Waals surface area contributed by atoms with E-state index in [-0.39, 0.29) is 12.6 Å². The number of nitrogen functional groups attached to an aromatic ring is 1. The molecule has 1 amide bonds. The van der Waals surface area contributed by atoms with Gasteiger partial charge in [0.15, 0.2) is 0 Å². The Morgan fingerprint density at radius 1 is 1.17 bits per heavy atom. The highest BCUT2D eigenvalue weighted by atomic mass is 16.4. The fraction of sp³-hybridized carbons (Fsp3) is 0.458. The molecule has 0 saturated carbocycles. The van der Waals surface area contributed by atoms with Crippen molar-refractivity contribution in [3.8, 4) is 11.3 Å². The molecule has 4 heterocycles. The van der Waals surface area contributed by atoms with Gasteiger partial charge in [-0.3, -0.25) is 4.98 Å². The number of hydrogen-bond donors (Lipinski definition) is 4. The van der Waals surface area contributed by atoms with Gasteiger partial charge in [0, 0.05) is 44.1 Å². The van der Waals surface area contributed by atoms with E-state index in [1.54, 1.807) is 12.4 Å². The third-order valence-corrected chi connectivity index (χ3v) is 6.37. The van der Waals surface area contributed by atoms with Gasteiger partial charge in [-0.25, -0.2) is 14.8 Å². The maximum Gasteiger partial charge on any atom is 0.407 e. The van der Waals surface area contributed by atoms with Crippen molar-refractivity contribution in [2.75, 3.05) is 48.7 Å². The van der Waals surface area contributed by atoms with Crippen LogP contribution in [0.4, 0.5) is 22.4 Å². The van der Waals surface area contributed by atoms with Gasteiger partial charge in [0.05, 0.1) is 28.7 Å². The molecule has 3 aromatic rings. The van der Waals surface area contributed by atoms with Crippen LogP contribution in [0.1, 0.15) is 33.1 Å². The number of piperazine rings is 1. The van der Waals surface area contributed by atoms with E-state index < -0.39 is 11.6 Å². The predicted molar refractivity (Wildman–Crippen MR) is 135 cm³/mol. The molecule has 35 heavy (non-hydrogen) atoms. The fourth-order valence-electron chi connectivity index (χ4n) is 4.18. The normalized spacial score (nSPS) is 15.7. The standard InChI is InChI=1S/C24H32N8O3/c1-3-4-7-24(2,15-33)30-21-17-14-26-18(12-19(17)28-22(25)29-21)16-5-6-20(27-13-16)31-8-10-32(11-9-31)23(34)35/h5-6,12-14,33H,3-4,7-11,15H2,1-2H3,(H,34,35)(H3,25,28,29,30)/t24-/m1/s1. The number of fused-ring (bicyclic) bond motifs is 1. The van der Waals surface area contributed by atoms with E-state index >= 15 is 0 Å². The number of aliphatic hydroxyl groups excluding tert-OH is 1. The van der Waals surface area contributed by atoms with Crippen molar-refractivity contribution in [3.63, 3.8) is 0 Å². The van der Waals surface area contributed by atoms with Crippen LogP contribution in [-0.4, -0.2) is 79.5 Å². The molecule has 0 unspecified atom stereocenters. The summed E-state index contributed by atoms with van der Waals surface area (Å²) in [4.78, 5) is 32.5. The molecule has 1 fully saturated rings. The van der Waals surface area contributed by atoms with Crippen molar-refractivity contribution in [1.82, 2.24) is 24.8 Å². The zero-order valence-corrected chi connectivity index (χ0v) is 20.1. The van der Waals surface area contributed by atoms with Crippen LogP contribution >= 0.6 is 0 Å². The predicted octanol–water partition coefficient (Wildman–Crippen LogP) is 2.82. The number of aliphatic hydroxyl groups is 1. The Kier molecular flexibility index (Phi) is 7.15. The Balaban J connectivity index is 1.55. The van der Waals surface area contributed by atoms with E-state index in [4.69, 9.17) is 10.8 Å².